The van der Waals surface area contributed by atoms with Crippen LogP contribution in [0, 0.1) is 4.78 Å². The minimum Gasteiger partial charge on any atom is -0.236 e. The molecule has 1 aliphatic rings. The lowest BCUT2D eigenvalue weighted by atomic mass is 10.2. The summed E-state index contributed by atoms with van der Waals surface area (Å²) in [4.78, 5) is 0.554. The van der Waals surface area contributed by atoms with Gasteiger partial charge in [0.2, 0.25) is 0 Å². The Hall–Kier alpha value is -0.580. The van der Waals surface area contributed by atoms with Crippen LogP contribution >= 0.6 is 11.6 Å². The van der Waals surface area contributed by atoms with Gasteiger partial charge in [0.1, 0.15) is 9.92 Å². The predicted octanol–water partition coefficient (Wildman–Crippen LogP) is 3.15. The van der Waals surface area contributed by atoms with Crippen LogP contribution in [0.1, 0.15) is 19.3 Å². The smallest absolute Gasteiger partial charge is 0.137 e. The van der Waals surface area contributed by atoms with Crippen LogP contribution in [0.15, 0.2) is 29.2 Å². The molecule has 1 atom stereocenters. The Bertz CT molecular complexity index is 449. The molecule has 1 aromatic carbocycles. The highest BCUT2D eigenvalue weighted by Crippen LogP contribution is 2.22. The maximum Gasteiger partial charge on any atom is 0.137 e. The normalized spacial score (nSPS) is 21.6. The summed E-state index contributed by atoms with van der Waals surface area (Å²) in [5.41, 5.74) is 0. The van der Waals surface area contributed by atoms with E-state index in [9.17, 15) is 4.21 Å². The van der Waals surface area contributed by atoms with Gasteiger partial charge in [-0.25, -0.2) is 13.3 Å². The lowest BCUT2D eigenvalue weighted by Gasteiger charge is -2.28. The highest BCUT2D eigenvalue weighted by molar-refractivity contribution is 7.90. The van der Waals surface area contributed by atoms with E-state index in [0.29, 0.717) is 9.92 Å². The van der Waals surface area contributed by atoms with Crippen molar-refractivity contribution in [3.8, 4) is 0 Å². The van der Waals surface area contributed by atoms with E-state index in [1.807, 2.05) is 0 Å². The van der Waals surface area contributed by atoms with Crippen LogP contribution in [0.5, 0.6) is 0 Å². The third kappa shape index (κ3) is 2.39. The second kappa shape index (κ2) is 4.73. The first-order valence-corrected chi connectivity index (χ1v) is 7.29. The molecule has 1 aromatic rings. The van der Waals surface area contributed by atoms with Gasteiger partial charge in [0.25, 0.3) is 0 Å². The minimum absolute atomic E-state index is 0.554. The molecule has 0 radical (unpaired) electrons. The van der Waals surface area contributed by atoms with E-state index in [1.165, 1.54) is 6.42 Å². The third-order valence-corrected chi connectivity index (χ3v) is 5.07. The van der Waals surface area contributed by atoms with E-state index in [-0.39, 0.29) is 0 Å². The van der Waals surface area contributed by atoms with Gasteiger partial charge < -0.3 is 0 Å². The van der Waals surface area contributed by atoms with Crippen LogP contribution in [0.3, 0.4) is 0 Å². The summed E-state index contributed by atoms with van der Waals surface area (Å²) in [6.07, 6.45) is 3.24. The van der Waals surface area contributed by atoms with Gasteiger partial charge in [-0.1, -0.05) is 18.0 Å². The molecule has 2 rings (SSSR count). The summed E-state index contributed by atoms with van der Waals surface area (Å²) >= 11 is 5.78. The number of hydrogen-bond acceptors (Lipinski definition) is 2. The van der Waals surface area contributed by atoms with E-state index in [4.69, 9.17) is 16.4 Å². The number of halogens is 1. The number of hydrogen-bond donors (Lipinski definition) is 1. The summed E-state index contributed by atoms with van der Waals surface area (Å²) in [6, 6.07) is 6.75. The van der Waals surface area contributed by atoms with E-state index in [0.717, 1.165) is 25.9 Å². The lowest BCUT2D eigenvalue weighted by Crippen LogP contribution is -2.34. The molecule has 5 heteroatoms. The maximum atomic E-state index is 12.4. The highest BCUT2D eigenvalue weighted by Gasteiger charge is 2.22. The van der Waals surface area contributed by atoms with Gasteiger partial charge in [0.05, 0.1) is 4.90 Å². The molecule has 1 N–H and O–H groups in total. The Balaban J connectivity index is 2.27. The Kier molecular flexibility index (Phi) is 3.52. The Labute approximate surface area is 102 Å². The van der Waals surface area contributed by atoms with Gasteiger partial charge in [-0.05, 0) is 37.1 Å². The molecule has 1 aliphatic heterocycles. The van der Waals surface area contributed by atoms with Gasteiger partial charge in [0, 0.05) is 18.1 Å². The fourth-order valence-corrected chi connectivity index (χ4v) is 3.59. The van der Waals surface area contributed by atoms with E-state index < -0.39 is 9.92 Å². The molecule has 16 heavy (non-hydrogen) atoms. The van der Waals surface area contributed by atoms with Gasteiger partial charge in [-0.15, -0.1) is 0 Å². The number of rotatable bonds is 2. The molecular weight excluding hydrogens is 244 g/mol. The van der Waals surface area contributed by atoms with Crippen molar-refractivity contribution in [2.24, 2.45) is 0 Å². The molecule has 0 saturated carbocycles. The van der Waals surface area contributed by atoms with Crippen molar-refractivity contribution in [1.29, 1.82) is 4.78 Å². The molecule has 88 valence electrons. The second-order valence-electron chi connectivity index (χ2n) is 3.97. The first-order chi connectivity index (χ1) is 7.60. The van der Waals surface area contributed by atoms with Crippen molar-refractivity contribution >= 4 is 21.5 Å². The number of nitrogens with one attached hydrogen (secondary N) is 1. The fraction of sp³-hybridized carbons (Fsp3) is 0.455. The van der Waals surface area contributed by atoms with Crippen LogP contribution in [0.4, 0.5) is 0 Å². The summed E-state index contributed by atoms with van der Waals surface area (Å²) in [5, 5.41) is 0.609. The predicted molar refractivity (Wildman–Crippen MR) is 66.0 cm³/mol. The van der Waals surface area contributed by atoms with E-state index >= 15 is 0 Å². The van der Waals surface area contributed by atoms with Crippen molar-refractivity contribution in [1.82, 2.24) is 4.31 Å². The van der Waals surface area contributed by atoms with Crippen LogP contribution < -0.4 is 0 Å². The zero-order chi connectivity index (χ0) is 11.6. The highest BCUT2D eigenvalue weighted by atomic mass is 35.5. The zero-order valence-electron chi connectivity index (χ0n) is 8.99. The van der Waals surface area contributed by atoms with Crippen LogP contribution in [-0.2, 0) is 9.92 Å². The van der Waals surface area contributed by atoms with Crippen LogP contribution in [0.2, 0.25) is 5.02 Å². The Morgan fingerprint density at radius 1 is 1.12 bits per heavy atom. The van der Waals surface area contributed by atoms with E-state index in [2.05, 4.69) is 0 Å². The van der Waals surface area contributed by atoms with Gasteiger partial charge in [0.15, 0.2) is 0 Å². The molecule has 0 spiro atoms. The van der Waals surface area contributed by atoms with Crippen LogP contribution in [-0.4, -0.2) is 21.6 Å². The summed E-state index contributed by atoms with van der Waals surface area (Å²) in [7, 11) is -2.80. The minimum atomic E-state index is -2.80. The first-order valence-electron chi connectivity index (χ1n) is 5.40. The Morgan fingerprint density at radius 3 is 2.25 bits per heavy atom. The molecule has 1 fully saturated rings. The Morgan fingerprint density at radius 2 is 1.69 bits per heavy atom. The summed E-state index contributed by atoms with van der Waals surface area (Å²) < 4.78 is 22.2. The fourth-order valence-electron chi connectivity index (χ4n) is 1.89. The second-order valence-corrected chi connectivity index (χ2v) is 6.45. The van der Waals surface area contributed by atoms with Crippen molar-refractivity contribution in [3.05, 3.63) is 29.3 Å². The standard InChI is InChI=1S/C11H15ClN2OS/c12-10-4-6-11(7-5-10)16(13,15)14-8-2-1-3-9-14/h4-7,13H,1-3,8-9H2/t16-/m1/s1. The lowest BCUT2D eigenvalue weighted by molar-refractivity contribution is 0.360. The molecule has 0 unspecified atom stereocenters. The molecule has 0 aromatic heterocycles. The molecule has 0 amide bonds. The van der Waals surface area contributed by atoms with Gasteiger partial charge in [-0.3, -0.25) is 0 Å². The van der Waals surface area contributed by atoms with Crippen LogP contribution in [0.25, 0.3) is 0 Å². The number of nitrogens with zero attached hydrogens (tertiary/aromatic N) is 1. The van der Waals surface area contributed by atoms with E-state index in [1.54, 1.807) is 28.6 Å². The molecule has 1 saturated heterocycles. The van der Waals surface area contributed by atoms with Crippen molar-refractivity contribution in [3.63, 3.8) is 0 Å². The third-order valence-electron chi connectivity index (χ3n) is 2.81. The SMILES string of the molecule is N=[S@](=O)(c1ccc(Cl)cc1)N1CCCCC1. The average Bonchev–Trinajstić information content (AvgIpc) is 2.31. The summed E-state index contributed by atoms with van der Waals surface area (Å²) in [6.45, 7) is 1.51. The molecule has 1 heterocycles. The van der Waals surface area contributed by atoms with Crippen molar-refractivity contribution in [2.45, 2.75) is 24.2 Å². The molecule has 3 nitrogen and oxygen atoms in total. The summed E-state index contributed by atoms with van der Waals surface area (Å²) in [5.74, 6) is 0. The largest absolute Gasteiger partial charge is 0.236 e. The molecular formula is C11H15ClN2OS. The van der Waals surface area contributed by atoms with Gasteiger partial charge >= 0.3 is 0 Å². The monoisotopic (exact) mass is 258 g/mol. The van der Waals surface area contributed by atoms with Gasteiger partial charge in [-0.2, -0.15) is 0 Å². The van der Waals surface area contributed by atoms with Crippen molar-refractivity contribution in [2.75, 3.05) is 13.1 Å². The zero-order valence-corrected chi connectivity index (χ0v) is 10.6. The quantitative estimate of drug-likeness (QED) is 0.870. The maximum absolute atomic E-state index is 12.4. The molecule has 0 aliphatic carbocycles. The first kappa shape index (κ1) is 11.9. The topological polar surface area (TPSA) is 44.2 Å². The average molecular weight is 259 g/mol. The number of benzene rings is 1. The molecule has 0 bridgehead atoms. The number of piperidine rings is 1. The van der Waals surface area contributed by atoms with Crippen molar-refractivity contribution < 1.29 is 4.21 Å².